The lowest BCUT2D eigenvalue weighted by Gasteiger charge is -2.36. The first-order chi connectivity index (χ1) is 12.1. The molecule has 1 aromatic heterocycles. The molecular weight excluding hydrogens is 342 g/mol. The molecule has 25 heavy (non-hydrogen) atoms. The highest BCUT2D eigenvalue weighted by molar-refractivity contribution is 6.30. The SMILES string of the molecule is O=C(c1cccc(Cl)c1)N1CCN(c2ccc3[nH]c(=O)oc3c2)CC1. The number of hydrogen-bond acceptors (Lipinski definition) is 4. The van der Waals surface area contributed by atoms with Crippen LogP contribution in [0.5, 0.6) is 0 Å². The smallest absolute Gasteiger partial charge is 0.408 e. The van der Waals surface area contributed by atoms with E-state index in [9.17, 15) is 9.59 Å². The molecule has 0 saturated carbocycles. The Kier molecular flexibility index (Phi) is 3.97. The van der Waals surface area contributed by atoms with E-state index in [1.54, 1.807) is 24.3 Å². The molecular formula is C18H16ClN3O3. The topological polar surface area (TPSA) is 69.6 Å². The van der Waals surface area contributed by atoms with E-state index in [1.165, 1.54) is 0 Å². The molecule has 0 atom stereocenters. The van der Waals surface area contributed by atoms with Gasteiger partial charge >= 0.3 is 5.76 Å². The van der Waals surface area contributed by atoms with Crippen molar-refractivity contribution in [2.75, 3.05) is 31.1 Å². The van der Waals surface area contributed by atoms with Gasteiger partial charge in [-0.05, 0) is 30.3 Å². The predicted octanol–water partition coefficient (Wildman–Crippen LogP) is 2.74. The number of amides is 1. The Morgan fingerprint density at radius 3 is 2.64 bits per heavy atom. The zero-order chi connectivity index (χ0) is 17.4. The number of nitrogens with one attached hydrogen (secondary N) is 1. The van der Waals surface area contributed by atoms with E-state index in [0.29, 0.717) is 47.9 Å². The number of rotatable bonds is 2. The summed E-state index contributed by atoms with van der Waals surface area (Å²) in [5.41, 5.74) is 2.81. The summed E-state index contributed by atoms with van der Waals surface area (Å²) in [5, 5.41) is 0.561. The fourth-order valence-electron chi connectivity index (χ4n) is 3.10. The molecule has 0 unspecified atom stereocenters. The van der Waals surface area contributed by atoms with E-state index < -0.39 is 5.76 Å². The molecule has 0 spiro atoms. The monoisotopic (exact) mass is 357 g/mol. The fraction of sp³-hybridized carbons (Fsp3) is 0.222. The van der Waals surface area contributed by atoms with Gasteiger partial charge in [0.25, 0.3) is 5.91 Å². The second-order valence-corrected chi connectivity index (χ2v) is 6.42. The molecule has 0 aliphatic carbocycles. The molecule has 3 aromatic rings. The number of carbonyl (C=O) groups is 1. The maximum absolute atomic E-state index is 12.6. The van der Waals surface area contributed by atoms with Crippen LogP contribution in [-0.2, 0) is 0 Å². The second kappa shape index (κ2) is 6.29. The third kappa shape index (κ3) is 3.13. The van der Waals surface area contributed by atoms with Gasteiger partial charge in [0, 0.05) is 48.5 Å². The van der Waals surface area contributed by atoms with E-state index in [4.69, 9.17) is 16.0 Å². The van der Waals surface area contributed by atoms with Gasteiger partial charge in [0.15, 0.2) is 5.58 Å². The molecule has 2 aromatic carbocycles. The van der Waals surface area contributed by atoms with Crippen molar-refractivity contribution in [2.45, 2.75) is 0 Å². The molecule has 7 heteroatoms. The molecule has 6 nitrogen and oxygen atoms in total. The lowest BCUT2D eigenvalue weighted by Crippen LogP contribution is -2.48. The number of piperazine rings is 1. The summed E-state index contributed by atoms with van der Waals surface area (Å²) in [7, 11) is 0. The van der Waals surface area contributed by atoms with Gasteiger partial charge in [-0.15, -0.1) is 0 Å². The Hall–Kier alpha value is -2.73. The van der Waals surface area contributed by atoms with Crippen LogP contribution in [-0.4, -0.2) is 42.0 Å². The summed E-state index contributed by atoms with van der Waals surface area (Å²) in [6.45, 7) is 2.68. The fourth-order valence-corrected chi connectivity index (χ4v) is 3.29. The number of halogens is 1. The van der Waals surface area contributed by atoms with E-state index in [1.807, 2.05) is 23.1 Å². The minimum atomic E-state index is -0.455. The number of benzene rings is 2. The van der Waals surface area contributed by atoms with Gasteiger partial charge in [0.1, 0.15) is 0 Å². The molecule has 128 valence electrons. The number of fused-ring (bicyclic) bond motifs is 1. The molecule has 0 radical (unpaired) electrons. The average Bonchev–Trinajstić information content (AvgIpc) is 3.00. The molecule has 1 aliphatic heterocycles. The summed E-state index contributed by atoms with van der Waals surface area (Å²) in [6.07, 6.45) is 0. The first-order valence-corrected chi connectivity index (χ1v) is 8.40. The van der Waals surface area contributed by atoms with Gasteiger partial charge in [-0.1, -0.05) is 17.7 Å². The van der Waals surface area contributed by atoms with Crippen LogP contribution >= 0.6 is 11.6 Å². The molecule has 2 heterocycles. The normalized spacial score (nSPS) is 14.9. The minimum absolute atomic E-state index is 0.00534. The molecule has 1 aliphatic rings. The lowest BCUT2D eigenvalue weighted by molar-refractivity contribution is 0.0747. The van der Waals surface area contributed by atoms with Crippen LogP contribution in [0.25, 0.3) is 11.1 Å². The Morgan fingerprint density at radius 1 is 1.08 bits per heavy atom. The highest BCUT2D eigenvalue weighted by Crippen LogP contribution is 2.22. The van der Waals surface area contributed by atoms with Crippen LogP contribution in [0.4, 0.5) is 5.69 Å². The van der Waals surface area contributed by atoms with Crippen molar-refractivity contribution < 1.29 is 9.21 Å². The maximum atomic E-state index is 12.6. The predicted molar refractivity (Wildman–Crippen MR) is 96.4 cm³/mol. The summed E-state index contributed by atoms with van der Waals surface area (Å²) in [6, 6.07) is 12.6. The van der Waals surface area contributed by atoms with Crippen molar-refractivity contribution in [1.82, 2.24) is 9.88 Å². The number of oxazole rings is 1. The Bertz CT molecular complexity index is 986. The van der Waals surface area contributed by atoms with E-state index >= 15 is 0 Å². The van der Waals surface area contributed by atoms with Gasteiger partial charge in [0.05, 0.1) is 5.52 Å². The quantitative estimate of drug-likeness (QED) is 0.765. The van der Waals surface area contributed by atoms with E-state index in [-0.39, 0.29) is 5.91 Å². The molecule has 1 N–H and O–H groups in total. The van der Waals surface area contributed by atoms with Gasteiger partial charge in [-0.2, -0.15) is 0 Å². The maximum Gasteiger partial charge on any atom is 0.417 e. The number of aromatic amines is 1. The van der Waals surface area contributed by atoms with Gasteiger partial charge in [-0.3, -0.25) is 9.78 Å². The number of hydrogen-bond donors (Lipinski definition) is 1. The number of carbonyl (C=O) groups excluding carboxylic acids is 1. The van der Waals surface area contributed by atoms with Crippen molar-refractivity contribution in [2.24, 2.45) is 0 Å². The third-order valence-corrected chi connectivity index (χ3v) is 4.64. The number of nitrogens with zero attached hydrogens (tertiary/aromatic N) is 2. The van der Waals surface area contributed by atoms with Crippen LogP contribution in [0.3, 0.4) is 0 Å². The Balaban J connectivity index is 1.46. The number of H-pyrrole nitrogens is 1. The summed E-state index contributed by atoms with van der Waals surface area (Å²) in [4.78, 5) is 30.5. The first kappa shape index (κ1) is 15.8. The van der Waals surface area contributed by atoms with Gasteiger partial charge in [-0.25, -0.2) is 4.79 Å². The van der Waals surface area contributed by atoms with Crippen molar-refractivity contribution in [3.8, 4) is 0 Å². The Morgan fingerprint density at radius 2 is 1.88 bits per heavy atom. The lowest BCUT2D eigenvalue weighted by atomic mass is 10.1. The number of aromatic nitrogens is 1. The molecule has 1 fully saturated rings. The highest BCUT2D eigenvalue weighted by atomic mass is 35.5. The Labute approximate surface area is 148 Å². The largest absolute Gasteiger partial charge is 0.417 e. The standard InChI is InChI=1S/C18H16ClN3O3/c19-13-3-1-2-12(10-13)17(23)22-8-6-21(7-9-22)14-4-5-15-16(11-14)25-18(24)20-15/h1-5,10-11H,6-9H2,(H,20,24). The second-order valence-electron chi connectivity index (χ2n) is 5.98. The van der Waals surface area contributed by atoms with Crippen LogP contribution in [0.15, 0.2) is 51.7 Å². The summed E-state index contributed by atoms with van der Waals surface area (Å²) >= 11 is 5.97. The highest BCUT2D eigenvalue weighted by Gasteiger charge is 2.22. The molecule has 0 bridgehead atoms. The minimum Gasteiger partial charge on any atom is -0.408 e. The van der Waals surface area contributed by atoms with Crippen molar-refractivity contribution in [3.05, 3.63) is 63.6 Å². The van der Waals surface area contributed by atoms with Crippen molar-refractivity contribution in [1.29, 1.82) is 0 Å². The van der Waals surface area contributed by atoms with Gasteiger partial charge < -0.3 is 14.2 Å². The van der Waals surface area contributed by atoms with Crippen LogP contribution < -0.4 is 10.7 Å². The summed E-state index contributed by atoms with van der Waals surface area (Å²) in [5.74, 6) is -0.460. The number of anilines is 1. The van der Waals surface area contributed by atoms with E-state index in [2.05, 4.69) is 9.88 Å². The van der Waals surface area contributed by atoms with Crippen LogP contribution in [0, 0.1) is 0 Å². The zero-order valence-electron chi connectivity index (χ0n) is 13.4. The first-order valence-electron chi connectivity index (χ1n) is 8.03. The van der Waals surface area contributed by atoms with Crippen molar-refractivity contribution >= 4 is 34.3 Å². The molecule has 1 saturated heterocycles. The van der Waals surface area contributed by atoms with Crippen molar-refractivity contribution in [3.63, 3.8) is 0 Å². The average molecular weight is 358 g/mol. The van der Waals surface area contributed by atoms with E-state index in [0.717, 1.165) is 5.69 Å². The molecule has 4 rings (SSSR count). The third-order valence-electron chi connectivity index (χ3n) is 4.41. The zero-order valence-corrected chi connectivity index (χ0v) is 14.1. The van der Waals surface area contributed by atoms with Crippen LogP contribution in [0.1, 0.15) is 10.4 Å². The van der Waals surface area contributed by atoms with Gasteiger partial charge in [0.2, 0.25) is 0 Å². The summed E-state index contributed by atoms with van der Waals surface area (Å²) < 4.78 is 5.11. The van der Waals surface area contributed by atoms with Crippen LogP contribution in [0.2, 0.25) is 5.02 Å². The molecule has 1 amide bonds.